The van der Waals surface area contributed by atoms with Gasteiger partial charge in [0, 0.05) is 6.42 Å². The Morgan fingerprint density at radius 3 is 1.65 bits per heavy atom. The predicted molar refractivity (Wildman–Crippen MR) is 53.5 cm³/mol. The van der Waals surface area contributed by atoms with Crippen LogP contribution in [0.1, 0.15) is 12.8 Å². The maximum absolute atomic E-state index is 10.6. The highest BCUT2D eigenvalue weighted by molar-refractivity contribution is 5.73. The molecule has 17 heavy (non-hydrogen) atoms. The summed E-state index contributed by atoms with van der Waals surface area (Å²) in [6, 6.07) is 0. The number of aliphatic carboxylic acids is 2. The van der Waals surface area contributed by atoms with Gasteiger partial charge in [0.15, 0.2) is 0 Å². The molecule has 0 fully saturated rings. The first-order chi connectivity index (χ1) is 7.36. The molecule has 102 valence electrons. The largest absolute Gasteiger partial charge is 0.490 e. The highest BCUT2D eigenvalue weighted by Crippen LogP contribution is 2.13. The van der Waals surface area contributed by atoms with Crippen molar-refractivity contribution in [2.24, 2.45) is 0 Å². The molecule has 0 spiro atoms. The number of alkyl halides is 3. The molecule has 0 atom stereocenters. The first-order valence-corrected chi connectivity index (χ1v) is 4.68. The second-order valence-corrected chi connectivity index (χ2v) is 4.31. The number of halogens is 3. The summed E-state index contributed by atoms with van der Waals surface area (Å²) in [6.07, 6.45) is -4.03. The number of carbonyl (C=O) groups is 2. The summed E-state index contributed by atoms with van der Waals surface area (Å²) in [7, 11) is 6.17. The molecule has 0 heterocycles. The molecule has 0 aromatic rings. The second kappa shape index (κ2) is 7.10. The SMILES string of the molecule is C[N+](C)(C)CCCC(=O)O.O=C(O)C(F)(F)F. The fourth-order valence-electron chi connectivity index (χ4n) is 0.705. The summed E-state index contributed by atoms with van der Waals surface area (Å²) in [4.78, 5) is 19.0. The Kier molecular flexibility index (Phi) is 7.55. The van der Waals surface area contributed by atoms with Crippen molar-refractivity contribution >= 4 is 11.9 Å². The van der Waals surface area contributed by atoms with Crippen LogP contribution in [0.2, 0.25) is 0 Å². The minimum absolute atomic E-state index is 0.287. The van der Waals surface area contributed by atoms with E-state index in [4.69, 9.17) is 15.0 Å². The number of hydrogen-bond donors (Lipinski definition) is 2. The van der Waals surface area contributed by atoms with Gasteiger partial charge in [-0.15, -0.1) is 0 Å². The number of nitrogens with zero attached hydrogens (tertiary/aromatic N) is 1. The van der Waals surface area contributed by atoms with Crippen molar-refractivity contribution in [3.63, 3.8) is 0 Å². The van der Waals surface area contributed by atoms with E-state index in [1.165, 1.54) is 0 Å². The Hall–Kier alpha value is -1.31. The number of carboxylic acids is 2. The van der Waals surface area contributed by atoms with Crippen LogP contribution in [-0.4, -0.2) is 60.5 Å². The summed E-state index contributed by atoms with van der Waals surface area (Å²) in [5.41, 5.74) is 0. The van der Waals surface area contributed by atoms with Crippen molar-refractivity contribution in [3.8, 4) is 0 Å². The molecular weight excluding hydrogens is 243 g/mol. The van der Waals surface area contributed by atoms with Gasteiger partial charge in [0.1, 0.15) is 0 Å². The minimum Gasteiger partial charge on any atom is -0.481 e. The molecule has 0 aliphatic carbocycles. The van der Waals surface area contributed by atoms with Crippen molar-refractivity contribution in [2.75, 3.05) is 27.7 Å². The summed E-state index contributed by atoms with van der Waals surface area (Å²) >= 11 is 0. The van der Waals surface area contributed by atoms with Crippen molar-refractivity contribution in [1.82, 2.24) is 0 Å². The normalized spacial score (nSPS) is 11.4. The zero-order valence-corrected chi connectivity index (χ0v) is 9.91. The molecule has 8 heteroatoms. The standard InChI is InChI=1S/C7H15NO2.C2HF3O2/c1-8(2,3)6-4-5-7(9)10;3-2(4,5)1(6)7/h4-6H2,1-3H3;(H,6,7)/p+1. The second-order valence-electron chi connectivity index (χ2n) is 4.31. The molecule has 0 rings (SSSR count). The average Bonchev–Trinajstić information content (AvgIpc) is 1.99. The van der Waals surface area contributed by atoms with Crippen LogP contribution >= 0.6 is 0 Å². The Balaban J connectivity index is 0. The number of quaternary nitrogens is 1. The van der Waals surface area contributed by atoms with Gasteiger partial charge in [-0.05, 0) is 0 Å². The zero-order valence-electron chi connectivity index (χ0n) is 9.91. The van der Waals surface area contributed by atoms with E-state index in [1.807, 2.05) is 0 Å². The van der Waals surface area contributed by atoms with E-state index in [2.05, 4.69) is 21.1 Å². The third-order valence-corrected chi connectivity index (χ3v) is 1.46. The Labute approximate surface area is 97.0 Å². The van der Waals surface area contributed by atoms with Crippen LogP contribution < -0.4 is 0 Å². The summed E-state index contributed by atoms with van der Waals surface area (Å²) in [5, 5.41) is 15.4. The first kappa shape index (κ1) is 18.1. The van der Waals surface area contributed by atoms with Crippen LogP contribution in [0, 0.1) is 0 Å². The maximum Gasteiger partial charge on any atom is 0.490 e. The summed E-state index contributed by atoms with van der Waals surface area (Å²) in [5.74, 6) is -3.46. The lowest BCUT2D eigenvalue weighted by Gasteiger charge is -2.23. The molecule has 0 aliphatic heterocycles. The molecule has 0 unspecified atom stereocenters. The van der Waals surface area contributed by atoms with Gasteiger partial charge < -0.3 is 14.7 Å². The molecule has 0 saturated heterocycles. The van der Waals surface area contributed by atoms with Crippen LogP contribution in [0.5, 0.6) is 0 Å². The quantitative estimate of drug-likeness (QED) is 0.744. The van der Waals surface area contributed by atoms with E-state index in [1.54, 1.807) is 0 Å². The smallest absolute Gasteiger partial charge is 0.481 e. The minimum atomic E-state index is -5.08. The molecule has 0 aromatic carbocycles. The van der Waals surface area contributed by atoms with Gasteiger partial charge in [0.05, 0.1) is 34.1 Å². The number of carboxylic acid groups (broad SMARTS) is 2. The highest BCUT2D eigenvalue weighted by atomic mass is 19.4. The van der Waals surface area contributed by atoms with Crippen LogP contribution in [-0.2, 0) is 9.59 Å². The van der Waals surface area contributed by atoms with E-state index < -0.39 is 18.1 Å². The van der Waals surface area contributed by atoms with E-state index in [0.717, 1.165) is 17.4 Å². The van der Waals surface area contributed by atoms with Crippen molar-refractivity contribution < 1.29 is 37.5 Å². The molecule has 0 saturated carbocycles. The fourth-order valence-corrected chi connectivity index (χ4v) is 0.705. The number of hydrogen-bond acceptors (Lipinski definition) is 2. The van der Waals surface area contributed by atoms with Gasteiger partial charge >= 0.3 is 18.1 Å². The van der Waals surface area contributed by atoms with Crippen LogP contribution in [0.3, 0.4) is 0 Å². The van der Waals surface area contributed by atoms with Crippen molar-refractivity contribution in [1.29, 1.82) is 0 Å². The van der Waals surface area contributed by atoms with Crippen molar-refractivity contribution in [2.45, 2.75) is 19.0 Å². The maximum atomic E-state index is 10.6. The molecule has 0 aromatic heterocycles. The molecule has 0 radical (unpaired) electrons. The van der Waals surface area contributed by atoms with Gasteiger partial charge in [0.2, 0.25) is 0 Å². The van der Waals surface area contributed by atoms with Crippen LogP contribution in [0.25, 0.3) is 0 Å². The van der Waals surface area contributed by atoms with Gasteiger partial charge in [-0.3, -0.25) is 4.79 Å². The average molecular weight is 260 g/mol. The number of rotatable bonds is 4. The zero-order chi connectivity index (χ0) is 14.3. The Morgan fingerprint density at radius 2 is 1.47 bits per heavy atom. The molecule has 0 aliphatic rings. The molecule has 2 N–H and O–H groups in total. The Bertz CT molecular complexity index is 258. The summed E-state index contributed by atoms with van der Waals surface area (Å²) in [6.45, 7) is 0.923. The van der Waals surface area contributed by atoms with Gasteiger partial charge in [0.25, 0.3) is 0 Å². The van der Waals surface area contributed by atoms with E-state index >= 15 is 0 Å². The third-order valence-electron chi connectivity index (χ3n) is 1.46. The third kappa shape index (κ3) is 17.3. The highest BCUT2D eigenvalue weighted by Gasteiger charge is 2.38. The van der Waals surface area contributed by atoms with Gasteiger partial charge in [-0.25, -0.2) is 4.79 Å². The predicted octanol–water partition coefficient (Wildman–Crippen LogP) is 1.19. The lowest BCUT2D eigenvalue weighted by molar-refractivity contribution is -0.870. The summed E-state index contributed by atoms with van der Waals surface area (Å²) < 4.78 is 32.6. The van der Waals surface area contributed by atoms with Crippen LogP contribution in [0.4, 0.5) is 13.2 Å². The van der Waals surface area contributed by atoms with E-state index in [-0.39, 0.29) is 6.42 Å². The lowest BCUT2D eigenvalue weighted by Crippen LogP contribution is -2.35. The Morgan fingerprint density at radius 1 is 1.12 bits per heavy atom. The van der Waals surface area contributed by atoms with Gasteiger partial charge in [-0.2, -0.15) is 13.2 Å². The molecule has 5 nitrogen and oxygen atoms in total. The van der Waals surface area contributed by atoms with Crippen molar-refractivity contribution in [3.05, 3.63) is 0 Å². The first-order valence-electron chi connectivity index (χ1n) is 4.68. The van der Waals surface area contributed by atoms with E-state index in [9.17, 15) is 18.0 Å². The van der Waals surface area contributed by atoms with E-state index in [0.29, 0.717) is 0 Å². The van der Waals surface area contributed by atoms with Gasteiger partial charge in [-0.1, -0.05) is 0 Å². The monoisotopic (exact) mass is 260 g/mol. The molecule has 0 amide bonds. The topological polar surface area (TPSA) is 74.6 Å². The van der Waals surface area contributed by atoms with Crippen LogP contribution in [0.15, 0.2) is 0 Å². The fraction of sp³-hybridized carbons (Fsp3) is 0.778. The lowest BCUT2D eigenvalue weighted by atomic mass is 10.3. The molecular formula is C9H17F3NO4+. The molecule has 0 bridgehead atoms.